The Kier molecular flexibility index (Phi) is 4.07. The number of aromatic nitrogens is 1. The van der Waals surface area contributed by atoms with Crippen LogP contribution in [0.1, 0.15) is 51.4 Å². The molecule has 15 heavy (non-hydrogen) atoms. The summed E-state index contributed by atoms with van der Waals surface area (Å²) in [6, 6.07) is 4.22. The Morgan fingerprint density at radius 1 is 0.800 bits per heavy atom. The van der Waals surface area contributed by atoms with Gasteiger partial charge in [-0.25, -0.2) is 0 Å². The van der Waals surface area contributed by atoms with Gasteiger partial charge in [-0.15, -0.1) is 0 Å². The van der Waals surface area contributed by atoms with Gasteiger partial charge in [-0.05, 0) is 37.8 Å². The minimum Gasteiger partial charge on any atom is -0.328 e. The van der Waals surface area contributed by atoms with Crippen molar-refractivity contribution in [1.29, 1.82) is 0 Å². The van der Waals surface area contributed by atoms with Crippen molar-refractivity contribution in [2.45, 2.75) is 51.4 Å². The van der Waals surface area contributed by atoms with E-state index in [2.05, 4.69) is 35.2 Å². The number of rotatable bonds is 1. The van der Waals surface area contributed by atoms with Crippen LogP contribution in [0.5, 0.6) is 0 Å². The Bertz CT molecular complexity index is 295. The lowest BCUT2D eigenvalue weighted by Gasteiger charge is -2.11. The summed E-state index contributed by atoms with van der Waals surface area (Å²) in [4.78, 5) is 0. The van der Waals surface area contributed by atoms with Crippen molar-refractivity contribution in [3.8, 4) is 0 Å². The summed E-state index contributed by atoms with van der Waals surface area (Å²) in [5.41, 5.74) is 1.50. The highest BCUT2D eigenvalue weighted by atomic mass is 14.9. The van der Waals surface area contributed by atoms with Crippen LogP contribution in [0.25, 0.3) is 5.70 Å². The average Bonchev–Trinajstić information content (AvgIpc) is 2.79. The standard InChI is InChI=1S/C14H21N/c1-2-4-6-10-14(11-7-5-3-1)15-12-8-9-13-15/h8-10,12-13H,1-7,11H2. The van der Waals surface area contributed by atoms with Crippen LogP contribution >= 0.6 is 0 Å². The van der Waals surface area contributed by atoms with Crippen LogP contribution < -0.4 is 0 Å². The molecule has 1 aromatic heterocycles. The molecule has 0 spiro atoms. The first-order valence-electron chi connectivity index (χ1n) is 6.29. The summed E-state index contributed by atoms with van der Waals surface area (Å²) in [7, 11) is 0. The van der Waals surface area contributed by atoms with Crippen molar-refractivity contribution in [2.75, 3.05) is 0 Å². The van der Waals surface area contributed by atoms with Crippen LogP contribution in [-0.2, 0) is 0 Å². The largest absolute Gasteiger partial charge is 0.328 e. The van der Waals surface area contributed by atoms with Crippen LogP contribution in [-0.4, -0.2) is 4.57 Å². The fourth-order valence-electron chi connectivity index (χ4n) is 2.29. The Hall–Kier alpha value is -0.980. The van der Waals surface area contributed by atoms with Gasteiger partial charge in [0.05, 0.1) is 0 Å². The molecule has 1 aliphatic carbocycles. The maximum atomic E-state index is 2.44. The average molecular weight is 203 g/mol. The third-order valence-electron chi connectivity index (χ3n) is 3.20. The lowest BCUT2D eigenvalue weighted by atomic mass is 10.0. The van der Waals surface area contributed by atoms with Gasteiger partial charge in [0.2, 0.25) is 0 Å². The zero-order valence-corrected chi connectivity index (χ0v) is 9.49. The number of hydrogen-bond acceptors (Lipinski definition) is 0. The highest BCUT2D eigenvalue weighted by Gasteiger charge is 2.01. The van der Waals surface area contributed by atoms with E-state index in [1.54, 1.807) is 0 Å². The van der Waals surface area contributed by atoms with Gasteiger partial charge in [-0.2, -0.15) is 0 Å². The van der Waals surface area contributed by atoms with Crippen molar-refractivity contribution in [3.05, 3.63) is 30.6 Å². The van der Waals surface area contributed by atoms with E-state index in [-0.39, 0.29) is 0 Å². The van der Waals surface area contributed by atoms with Crippen molar-refractivity contribution >= 4 is 5.70 Å². The molecule has 0 bridgehead atoms. The van der Waals surface area contributed by atoms with Gasteiger partial charge in [0.1, 0.15) is 0 Å². The fourth-order valence-corrected chi connectivity index (χ4v) is 2.29. The van der Waals surface area contributed by atoms with E-state index in [0.29, 0.717) is 0 Å². The summed E-state index contributed by atoms with van der Waals surface area (Å²) >= 11 is 0. The van der Waals surface area contributed by atoms with E-state index >= 15 is 0 Å². The van der Waals surface area contributed by atoms with Gasteiger partial charge < -0.3 is 4.57 Å². The Morgan fingerprint density at radius 2 is 1.47 bits per heavy atom. The van der Waals surface area contributed by atoms with Crippen LogP contribution in [0, 0.1) is 0 Å². The van der Waals surface area contributed by atoms with E-state index < -0.39 is 0 Å². The van der Waals surface area contributed by atoms with Gasteiger partial charge in [-0.3, -0.25) is 0 Å². The van der Waals surface area contributed by atoms with Gasteiger partial charge >= 0.3 is 0 Å². The van der Waals surface area contributed by atoms with Crippen LogP contribution in [0.3, 0.4) is 0 Å². The molecule has 82 valence electrons. The maximum absolute atomic E-state index is 2.44. The highest BCUT2D eigenvalue weighted by Crippen LogP contribution is 2.19. The molecule has 1 heterocycles. The van der Waals surface area contributed by atoms with E-state index in [1.807, 2.05) is 0 Å². The molecule has 0 aliphatic heterocycles. The second-order valence-electron chi connectivity index (χ2n) is 4.45. The van der Waals surface area contributed by atoms with Gasteiger partial charge in [-0.1, -0.05) is 31.8 Å². The summed E-state index contributed by atoms with van der Waals surface area (Å²) in [6.07, 6.45) is 17.7. The zero-order chi connectivity index (χ0) is 10.3. The van der Waals surface area contributed by atoms with E-state index in [9.17, 15) is 0 Å². The Morgan fingerprint density at radius 3 is 2.27 bits per heavy atom. The first-order chi connectivity index (χ1) is 7.47. The molecule has 0 aromatic carbocycles. The third-order valence-corrected chi connectivity index (χ3v) is 3.20. The van der Waals surface area contributed by atoms with Crippen molar-refractivity contribution in [2.24, 2.45) is 0 Å². The zero-order valence-electron chi connectivity index (χ0n) is 9.49. The summed E-state index contributed by atoms with van der Waals surface area (Å²) in [5.74, 6) is 0. The van der Waals surface area contributed by atoms with Crippen LogP contribution in [0.2, 0.25) is 0 Å². The normalized spacial score (nSPS) is 19.6. The molecule has 2 rings (SSSR count). The lowest BCUT2D eigenvalue weighted by Crippen LogP contribution is -1.95. The summed E-state index contributed by atoms with van der Waals surface area (Å²) < 4.78 is 2.28. The minimum atomic E-state index is 1.24. The fraction of sp³-hybridized carbons (Fsp3) is 0.571. The topological polar surface area (TPSA) is 4.93 Å². The molecule has 1 aliphatic rings. The molecule has 0 radical (unpaired) electrons. The first-order valence-corrected chi connectivity index (χ1v) is 6.29. The lowest BCUT2D eigenvalue weighted by molar-refractivity contribution is 0.591. The second kappa shape index (κ2) is 5.79. The monoisotopic (exact) mass is 203 g/mol. The number of nitrogens with zero attached hydrogens (tertiary/aromatic N) is 1. The maximum Gasteiger partial charge on any atom is 0.0180 e. The molecular weight excluding hydrogens is 182 g/mol. The molecule has 0 amide bonds. The molecule has 0 saturated heterocycles. The van der Waals surface area contributed by atoms with Gasteiger partial charge in [0, 0.05) is 18.1 Å². The molecule has 0 N–H and O–H groups in total. The van der Waals surface area contributed by atoms with E-state index in [4.69, 9.17) is 0 Å². The molecule has 1 nitrogen and oxygen atoms in total. The predicted molar refractivity (Wildman–Crippen MR) is 65.6 cm³/mol. The van der Waals surface area contributed by atoms with Gasteiger partial charge in [0.15, 0.2) is 0 Å². The second-order valence-corrected chi connectivity index (χ2v) is 4.45. The van der Waals surface area contributed by atoms with Crippen molar-refractivity contribution < 1.29 is 0 Å². The number of allylic oxidation sites excluding steroid dienone is 2. The van der Waals surface area contributed by atoms with Gasteiger partial charge in [0.25, 0.3) is 0 Å². The summed E-state index contributed by atoms with van der Waals surface area (Å²) in [6.45, 7) is 0. The van der Waals surface area contributed by atoms with E-state index in [0.717, 1.165) is 0 Å². The number of hydrogen-bond donors (Lipinski definition) is 0. The summed E-state index contributed by atoms with van der Waals surface area (Å²) in [5, 5.41) is 0. The van der Waals surface area contributed by atoms with Crippen LogP contribution in [0.15, 0.2) is 30.6 Å². The molecule has 0 atom stereocenters. The Labute approximate surface area is 92.8 Å². The Balaban J connectivity index is 2.02. The highest BCUT2D eigenvalue weighted by molar-refractivity contribution is 5.45. The van der Waals surface area contributed by atoms with Crippen molar-refractivity contribution in [3.63, 3.8) is 0 Å². The molecule has 1 aromatic rings. The van der Waals surface area contributed by atoms with Crippen LogP contribution in [0.4, 0.5) is 0 Å². The van der Waals surface area contributed by atoms with E-state index in [1.165, 1.54) is 57.1 Å². The van der Waals surface area contributed by atoms with Crippen molar-refractivity contribution in [1.82, 2.24) is 4.57 Å². The first kappa shape index (κ1) is 10.5. The quantitative estimate of drug-likeness (QED) is 0.635. The molecule has 0 fully saturated rings. The minimum absolute atomic E-state index is 1.24. The predicted octanol–water partition coefficient (Wildman–Crippen LogP) is 4.46. The smallest absolute Gasteiger partial charge is 0.0180 e. The third kappa shape index (κ3) is 3.26. The SMILES string of the molecule is C1=C(n2cccc2)CCCCCCCC1. The molecule has 1 heteroatoms. The molecule has 0 unspecified atom stereocenters. The molecular formula is C14H21N. The molecule has 0 saturated carbocycles.